The molecule has 2 N–H and O–H groups in total. The Bertz CT molecular complexity index is 577. The summed E-state index contributed by atoms with van der Waals surface area (Å²) in [6.45, 7) is 0. The van der Waals surface area contributed by atoms with Crippen LogP contribution in [0.25, 0.3) is 0 Å². The van der Waals surface area contributed by atoms with Crippen LogP contribution in [0.4, 0.5) is 5.00 Å². The van der Waals surface area contributed by atoms with E-state index in [1.54, 1.807) is 5.38 Å². The van der Waals surface area contributed by atoms with Crippen molar-refractivity contribution in [2.75, 3.05) is 5.32 Å². The van der Waals surface area contributed by atoms with Gasteiger partial charge in [0, 0.05) is 6.42 Å². The van der Waals surface area contributed by atoms with E-state index in [-0.39, 0.29) is 11.5 Å². The van der Waals surface area contributed by atoms with Gasteiger partial charge in [0.15, 0.2) is 0 Å². The Morgan fingerprint density at radius 2 is 1.89 bits per heavy atom. The lowest BCUT2D eigenvalue weighted by Crippen LogP contribution is -2.13. The van der Waals surface area contributed by atoms with Crippen LogP contribution in [0.2, 0.25) is 0 Å². The number of hydrogen-bond acceptors (Lipinski definition) is 3. The van der Waals surface area contributed by atoms with E-state index >= 15 is 0 Å². The van der Waals surface area contributed by atoms with Gasteiger partial charge in [0.05, 0.1) is 5.56 Å². The van der Waals surface area contributed by atoms with Crippen LogP contribution in [0.15, 0.2) is 41.8 Å². The average Bonchev–Trinajstić information content (AvgIpc) is 2.86. The zero-order valence-corrected chi connectivity index (χ0v) is 10.9. The smallest absolute Gasteiger partial charge is 0.338 e. The summed E-state index contributed by atoms with van der Waals surface area (Å²) < 4.78 is 0. The Balaban J connectivity index is 1.91. The normalized spacial score (nSPS) is 10.1. The first-order valence-corrected chi connectivity index (χ1v) is 6.69. The first-order valence-electron chi connectivity index (χ1n) is 5.81. The molecule has 1 aromatic heterocycles. The van der Waals surface area contributed by atoms with E-state index in [1.807, 2.05) is 30.3 Å². The van der Waals surface area contributed by atoms with Crippen molar-refractivity contribution in [1.82, 2.24) is 0 Å². The van der Waals surface area contributed by atoms with Gasteiger partial charge < -0.3 is 10.4 Å². The molecule has 1 aromatic carbocycles. The number of carbonyl (C=O) groups is 2. The van der Waals surface area contributed by atoms with Crippen LogP contribution in [-0.4, -0.2) is 17.0 Å². The molecule has 0 saturated heterocycles. The summed E-state index contributed by atoms with van der Waals surface area (Å²) in [6, 6.07) is 11.2. The number of aromatic carboxylic acids is 1. The summed E-state index contributed by atoms with van der Waals surface area (Å²) in [5.41, 5.74) is 1.22. The molecule has 4 nitrogen and oxygen atoms in total. The molecule has 0 radical (unpaired) electrons. The summed E-state index contributed by atoms with van der Waals surface area (Å²) >= 11 is 1.22. The number of hydrogen-bond donors (Lipinski definition) is 2. The van der Waals surface area contributed by atoms with E-state index in [0.29, 0.717) is 17.8 Å². The Morgan fingerprint density at radius 1 is 1.16 bits per heavy atom. The second-order valence-corrected chi connectivity index (χ2v) is 4.92. The largest absolute Gasteiger partial charge is 0.478 e. The number of carboxylic acids is 1. The van der Waals surface area contributed by atoms with Crippen molar-refractivity contribution in [3.63, 3.8) is 0 Å². The highest BCUT2D eigenvalue weighted by molar-refractivity contribution is 7.14. The summed E-state index contributed by atoms with van der Waals surface area (Å²) in [5.74, 6) is -1.20. The van der Waals surface area contributed by atoms with Gasteiger partial charge in [-0.2, -0.15) is 0 Å². The Labute approximate surface area is 114 Å². The SMILES string of the molecule is O=C(CCc1ccccc1)Nc1sccc1C(=O)O. The molecule has 0 fully saturated rings. The van der Waals surface area contributed by atoms with Crippen molar-refractivity contribution in [3.8, 4) is 0 Å². The first kappa shape index (κ1) is 13.3. The number of carbonyl (C=O) groups excluding carboxylic acids is 1. The van der Waals surface area contributed by atoms with Crippen LogP contribution in [0.1, 0.15) is 22.3 Å². The molecule has 0 bridgehead atoms. The van der Waals surface area contributed by atoms with Gasteiger partial charge in [0.1, 0.15) is 5.00 Å². The fraction of sp³-hybridized carbons (Fsp3) is 0.143. The zero-order valence-electron chi connectivity index (χ0n) is 10.1. The van der Waals surface area contributed by atoms with Gasteiger partial charge in [-0.3, -0.25) is 4.79 Å². The quantitative estimate of drug-likeness (QED) is 0.881. The van der Waals surface area contributed by atoms with Gasteiger partial charge >= 0.3 is 5.97 Å². The minimum absolute atomic E-state index is 0.137. The third-order valence-electron chi connectivity index (χ3n) is 2.63. The molecule has 0 saturated carbocycles. The molecule has 19 heavy (non-hydrogen) atoms. The maximum absolute atomic E-state index is 11.8. The third kappa shape index (κ3) is 3.66. The van der Waals surface area contributed by atoms with Gasteiger partial charge in [-0.15, -0.1) is 11.3 Å². The maximum Gasteiger partial charge on any atom is 0.338 e. The molecule has 2 rings (SSSR count). The molecule has 0 aliphatic rings. The van der Waals surface area contributed by atoms with Gasteiger partial charge in [-0.05, 0) is 23.4 Å². The van der Waals surface area contributed by atoms with E-state index in [2.05, 4.69) is 5.32 Å². The van der Waals surface area contributed by atoms with Crippen LogP contribution in [0.5, 0.6) is 0 Å². The number of rotatable bonds is 5. The van der Waals surface area contributed by atoms with Crippen molar-refractivity contribution in [2.45, 2.75) is 12.8 Å². The molecule has 0 spiro atoms. The number of amides is 1. The lowest BCUT2D eigenvalue weighted by atomic mass is 10.1. The van der Waals surface area contributed by atoms with Crippen molar-refractivity contribution in [1.29, 1.82) is 0 Å². The fourth-order valence-electron chi connectivity index (χ4n) is 1.67. The minimum atomic E-state index is -1.03. The van der Waals surface area contributed by atoms with Crippen LogP contribution in [-0.2, 0) is 11.2 Å². The van der Waals surface area contributed by atoms with E-state index < -0.39 is 5.97 Å². The lowest BCUT2D eigenvalue weighted by Gasteiger charge is -2.04. The topological polar surface area (TPSA) is 66.4 Å². The maximum atomic E-state index is 11.8. The Hall–Kier alpha value is -2.14. The monoisotopic (exact) mass is 275 g/mol. The summed E-state index contributed by atoms with van der Waals surface area (Å²) in [7, 11) is 0. The van der Waals surface area contributed by atoms with E-state index in [4.69, 9.17) is 5.11 Å². The number of carboxylic acid groups (broad SMARTS) is 1. The van der Waals surface area contributed by atoms with Crippen molar-refractivity contribution < 1.29 is 14.7 Å². The predicted octanol–water partition coefficient (Wildman–Crippen LogP) is 3.02. The van der Waals surface area contributed by atoms with Crippen molar-refractivity contribution >= 4 is 28.2 Å². The highest BCUT2D eigenvalue weighted by atomic mass is 32.1. The molecule has 0 aliphatic carbocycles. The molecule has 1 heterocycles. The van der Waals surface area contributed by atoms with Crippen LogP contribution in [0, 0.1) is 0 Å². The number of nitrogens with one attached hydrogen (secondary N) is 1. The summed E-state index contributed by atoms with van der Waals surface area (Å²) in [4.78, 5) is 22.7. The van der Waals surface area contributed by atoms with E-state index in [1.165, 1.54) is 17.4 Å². The highest BCUT2D eigenvalue weighted by Gasteiger charge is 2.13. The van der Waals surface area contributed by atoms with Crippen molar-refractivity contribution in [2.24, 2.45) is 0 Å². The molecule has 5 heteroatoms. The molecule has 0 unspecified atom stereocenters. The Kier molecular flexibility index (Phi) is 4.30. The third-order valence-corrected chi connectivity index (χ3v) is 3.46. The fourth-order valence-corrected chi connectivity index (χ4v) is 2.46. The summed E-state index contributed by atoms with van der Waals surface area (Å²) in [5, 5.41) is 13.6. The molecule has 1 amide bonds. The van der Waals surface area contributed by atoms with E-state index in [9.17, 15) is 9.59 Å². The predicted molar refractivity (Wildman–Crippen MR) is 74.7 cm³/mol. The van der Waals surface area contributed by atoms with Crippen LogP contribution < -0.4 is 5.32 Å². The second-order valence-electron chi connectivity index (χ2n) is 4.00. The molecule has 0 atom stereocenters. The number of benzene rings is 1. The molecular formula is C14H13NO3S. The number of thiophene rings is 1. The zero-order chi connectivity index (χ0) is 13.7. The molecular weight excluding hydrogens is 262 g/mol. The van der Waals surface area contributed by atoms with Gasteiger partial charge in [0.2, 0.25) is 5.91 Å². The number of aryl methyl sites for hydroxylation is 1. The minimum Gasteiger partial charge on any atom is -0.478 e. The average molecular weight is 275 g/mol. The standard InChI is InChI=1S/C14H13NO3S/c16-12(7-6-10-4-2-1-3-5-10)15-13-11(14(17)18)8-9-19-13/h1-5,8-9H,6-7H2,(H,15,16)(H,17,18). The Morgan fingerprint density at radius 3 is 2.58 bits per heavy atom. The van der Waals surface area contributed by atoms with Gasteiger partial charge in [-0.25, -0.2) is 4.79 Å². The second kappa shape index (κ2) is 6.15. The highest BCUT2D eigenvalue weighted by Crippen LogP contribution is 2.23. The van der Waals surface area contributed by atoms with Gasteiger partial charge in [0.25, 0.3) is 0 Å². The number of anilines is 1. The van der Waals surface area contributed by atoms with Crippen LogP contribution >= 0.6 is 11.3 Å². The van der Waals surface area contributed by atoms with Gasteiger partial charge in [-0.1, -0.05) is 30.3 Å². The van der Waals surface area contributed by atoms with Crippen molar-refractivity contribution in [3.05, 3.63) is 52.9 Å². The van der Waals surface area contributed by atoms with Crippen LogP contribution in [0.3, 0.4) is 0 Å². The molecule has 2 aromatic rings. The molecule has 0 aliphatic heterocycles. The first-order chi connectivity index (χ1) is 9.16. The van der Waals surface area contributed by atoms with E-state index in [0.717, 1.165) is 5.56 Å². The summed E-state index contributed by atoms with van der Waals surface area (Å²) in [6.07, 6.45) is 0.974. The lowest BCUT2D eigenvalue weighted by molar-refractivity contribution is -0.116. The molecule has 98 valence electrons.